The lowest BCUT2D eigenvalue weighted by atomic mass is 10.2. The average Bonchev–Trinajstić information content (AvgIpc) is 2.59. The van der Waals surface area contributed by atoms with Crippen molar-refractivity contribution in [2.75, 3.05) is 18.5 Å². The molecule has 0 aliphatic carbocycles. The summed E-state index contributed by atoms with van der Waals surface area (Å²) in [5, 5.41) is 2.88. The minimum absolute atomic E-state index is 0.120. The SMILES string of the molecule is CCCCCNC(=O)c1cnc(N(C)c2ccccc2)nc1. The maximum atomic E-state index is 12.0. The van der Waals surface area contributed by atoms with Gasteiger partial charge in [0.1, 0.15) is 0 Å². The Kier molecular flexibility index (Phi) is 5.89. The third kappa shape index (κ3) is 4.28. The molecule has 1 aromatic carbocycles. The van der Waals surface area contributed by atoms with Gasteiger partial charge in [0.25, 0.3) is 5.91 Å². The van der Waals surface area contributed by atoms with E-state index in [1.807, 2.05) is 42.3 Å². The highest BCUT2D eigenvalue weighted by atomic mass is 16.1. The minimum atomic E-state index is -0.120. The Hall–Kier alpha value is -2.43. The molecule has 0 aliphatic heterocycles. The van der Waals surface area contributed by atoms with E-state index in [9.17, 15) is 4.79 Å². The summed E-state index contributed by atoms with van der Waals surface area (Å²) in [5.41, 5.74) is 1.49. The highest BCUT2D eigenvalue weighted by molar-refractivity contribution is 5.93. The molecule has 2 rings (SSSR count). The number of anilines is 2. The molecule has 0 unspecified atom stereocenters. The molecule has 0 radical (unpaired) electrons. The van der Waals surface area contributed by atoms with Crippen LogP contribution in [0.1, 0.15) is 36.5 Å². The van der Waals surface area contributed by atoms with Gasteiger partial charge >= 0.3 is 0 Å². The van der Waals surface area contributed by atoms with Gasteiger partial charge in [0.15, 0.2) is 0 Å². The van der Waals surface area contributed by atoms with Crippen LogP contribution < -0.4 is 10.2 Å². The largest absolute Gasteiger partial charge is 0.352 e. The van der Waals surface area contributed by atoms with Crippen molar-refractivity contribution in [3.63, 3.8) is 0 Å². The molecule has 1 amide bonds. The lowest BCUT2D eigenvalue weighted by molar-refractivity contribution is 0.0952. The van der Waals surface area contributed by atoms with Crippen molar-refractivity contribution in [1.82, 2.24) is 15.3 Å². The second kappa shape index (κ2) is 8.12. The summed E-state index contributed by atoms with van der Waals surface area (Å²) in [4.78, 5) is 22.4. The maximum absolute atomic E-state index is 12.0. The predicted octanol–water partition coefficient (Wildman–Crippen LogP) is 3.16. The van der Waals surface area contributed by atoms with Crippen molar-refractivity contribution < 1.29 is 4.79 Å². The molecule has 1 aromatic heterocycles. The first kappa shape index (κ1) is 15.9. The standard InChI is InChI=1S/C17H22N4O/c1-3-4-8-11-18-16(22)14-12-19-17(20-13-14)21(2)15-9-6-5-7-10-15/h5-7,9-10,12-13H,3-4,8,11H2,1-2H3,(H,18,22). The first-order valence-electron chi connectivity index (χ1n) is 7.61. The van der Waals surface area contributed by atoms with Gasteiger partial charge in [-0.1, -0.05) is 38.0 Å². The number of hydrogen-bond acceptors (Lipinski definition) is 4. The molecule has 0 saturated heterocycles. The van der Waals surface area contributed by atoms with Crippen LogP contribution in [-0.4, -0.2) is 29.5 Å². The Morgan fingerprint density at radius 1 is 1.14 bits per heavy atom. The van der Waals surface area contributed by atoms with Gasteiger partial charge in [0.05, 0.1) is 5.56 Å². The number of aromatic nitrogens is 2. The van der Waals surface area contributed by atoms with Gasteiger partial charge in [0.2, 0.25) is 5.95 Å². The topological polar surface area (TPSA) is 58.1 Å². The Balaban J connectivity index is 1.96. The van der Waals surface area contributed by atoms with Crippen molar-refractivity contribution in [1.29, 1.82) is 0 Å². The number of carbonyl (C=O) groups excluding carboxylic acids is 1. The number of carbonyl (C=O) groups is 1. The van der Waals surface area contributed by atoms with Crippen molar-refractivity contribution >= 4 is 17.5 Å². The number of benzene rings is 1. The predicted molar refractivity (Wildman–Crippen MR) is 88.4 cm³/mol. The van der Waals surface area contributed by atoms with Crippen LogP contribution in [0, 0.1) is 0 Å². The summed E-state index contributed by atoms with van der Waals surface area (Å²) < 4.78 is 0. The van der Waals surface area contributed by atoms with Crippen LogP contribution in [0.2, 0.25) is 0 Å². The van der Waals surface area contributed by atoms with Crippen LogP contribution in [-0.2, 0) is 0 Å². The van der Waals surface area contributed by atoms with Crippen LogP contribution in [0.25, 0.3) is 0 Å². The van der Waals surface area contributed by atoms with Gasteiger partial charge in [-0.25, -0.2) is 9.97 Å². The second-order valence-electron chi connectivity index (χ2n) is 5.13. The highest BCUT2D eigenvalue weighted by Crippen LogP contribution is 2.18. The van der Waals surface area contributed by atoms with Gasteiger partial charge in [0, 0.05) is 31.7 Å². The summed E-state index contributed by atoms with van der Waals surface area (Å²) in [7, 11) is 1.90. The third-order valence-corrected chi connectivity index (χ3v) is 3.41. The number of para-hydroxylation sites is 1. The third-order valence-electron chi connectivity index (χ3n) is 3.41. The summed E-state index contributed by atoms with van der Waals surface area (Å²) in [6.45, 7) is 2.83. The van der Waals surface area contributed by atoms with E-state index in [0.717, 1.165) is 24.9 Å². The molecule has 5 nitrogen and oxygen atoms in total. The van der Waals surface area contributed by atoms with Crippen LogP contribution in [0.15, 0.2) is 42.7 Å². The van der Waals surface area contributed by atoms with Crippen molar-refractivity contribution in [3.8, 4) is 0 Å². The molecule has 2 aromatic rings. The number of nitrogens with zero attached hydrogens (tertiary/aromatic N) is 3. The Bertz CT molecular complexity index is 583. The van der Waals surface area contributed by atoms with E-state index in [1.165, 1.54) is 0 Å². The monoisotopic (exact) mass is 298 g/mol. The molecule has 0 saturated carbocycles. The smallest absolute Gasteiger partial charge is 0.254 e. The van der Waals surface area contributed by atoms with E-state index in [1.54, 1.807) is 12.4 Å². The van der Waals surface area contributed by atoms with E-state index < -0.39 is 0 Å². The summed E-state index contributed by atoms with van der Waals surface area (Å²) >= 11 is 0. The van der Waals surface area contributed by atoms with Gasteiger partial charge in [-0.3, -0.25) is 4.79 Å². The molecule has 22 heavy (non-hydrogen) atoms. The molecular weight excluding hydrogens is 276 g/mol. The van der Waals surface area contributed by atoms with Gasteiger partial charge in [-0.05, 0) is 18.6 Å². The van der Waals surface area contributed by atoms with Crippen LogP contribution >= 0.6 is 0 Å². The van der Waals surface area contributed by atoms with E-state index in [-0.39, 0.29) is 5.91 Å². The molecule has 0 aliphatic rings. The molecule has 1 N–H and O–H groups in total. The van der Waals surface area contributed by atoms with E-state index in [0.29, 0.717) is 18.1 Å². The van der Waals surface area contributed by atoms with E-state index >= 15 is 0 Å². The van der Waals surface area contributed by atoms with Crippen molar-refractivity contribution in [3.05, 3.63) is 48.3 Å². The fourth-order valence-corrected chi connectivity index (χ4v) is 2.06. The average molecular weight is 298 g/mol. The number of unbranched alkanes of at least 4 members (excludes halogenated alkanes) is 2. The maximum Gasteiger partial charge on any atom is 0.254 e. The first-order chi connectivity index (χ1) is 10.7. The summed E-state index contributed by atoms with van der Waals surface area (Å²) in [6.07, 6.45) is 6.39. The summed E-state index contributed by atoms with van der Waals surface area (Å²) in [6, 6.07) is 9.85. The highest BCUT2D eigenvalue weighted by Gasteiger charge is 2.09. The number of rotatable bonds is 7. The Morgan fingerprint density at radius 3 is 2.45 bits per heavy atom. The van der Waals surface area contributed by atoms with Crippen LogP contribution in [0.4, 0.5) is 11.6 Å². The Morgan fingerprint density at radius 2 is 1.82 bits per heavy atom. The van der Waals surface area contributed by atoms with Gasteiger partial charge in [-0.2, -0.15) is 0 Å². The number of nitrogens with one attached hydrogen (secondary N) is 1. The fourth-order valence-electron chi connectivity index (χ4n) is 2.06. The first-order valence-corrected chi connectivity index (χ1v) is 7.61. The number of hydrogen-bond donors (Lipinski definition) is 1. The van der Waals surface area contributed by atoms with Crippen molar-refractivity contribution in [2.45, 2.75) is 26.2 Å². The molecule has 0 spiro atoms. The molecule has 0 fully saturated rings. The minimum Gasteiger partial charge on any atom is -0.352 e. The van der Waals surface area contributed by atoms with Crippen LogP contribution in [0.3, 0.4) is 0 Å². The quantitative estimate of drug-likeness (QED) is 0.798. The zero-order valence-corrected chi connectivity index (χ0v) is 13.1. The second-order valence-corrected chi connectivity index (χ2v) is 5.13. The molecule has 0 bridgehead atoms. The van der Waals surface area contributed by atoms with E-state index in [4.69, 9.17) is 0 Å². The van der Waals surface area contributed by atoms with Crippen LogP contribution in [0.5, 0.6) is 0 Å². The lowest BCUT2D eigenvalue weighted by Crippen LogP contribution is -2.25. The summed E-state index contributed by atoms with van der Waals surface area (Å²) in [5.74, 6) is 0.443. The number of amides is 1. The van der Waals surface area contributed by atoms with Gasteiger partial charge < -0.3 is 10.2 Å². The normalized spacial score (nSPS) is 10.3. The molecule has 116 valence electrons. The molecular formula is C17H22N4O. The Labute approximate surface area is 131 Å². The molecule has 5 heteroatoms. The zero-order valence-electron chi connectivity index (χ0n) is 13.1. The molecule has 1 heterocycles. The fraction of sp³-hybridized carbons (Fsp3) is 0.353. The molecule has 0 atom stereocenters. The van der Waals surface area contributed by atoms with Crippen molar-refractivity contribution in [2.24, 2.45) is 0 Å². The van der Waals surface area contributed by atoms with Gasteiger partial charge in [-0.15, -0.1) is 0 Å². The zero-order chi connectivity index (χ0) is 15.8. The lowest BCUT2D eigenvalue weighted by Gasteiger charge is -2.16. The van der Waals surface area contributed by atoms with E-state index in [2.05, 4.69) is 22.2 Å².